The molecule has 156 valence electrons. The fraction of sp³-hybridized carbons (Fsp3) is 0.316. The number of nitro groups is 1. The Morgan fingerprint density at radius 3 is 2.41 bits per heavy atom. The van der Waals surface area contributed by atoms with Gasteiger partial charge in [0.25, 0.3) is 11.6 Å². The predicted molar refractivity (Wildman–Crippen MR) is 110 cm³/mol. The highest BCUT2D eigenvalue weighted by Crippen LogP contribution is 2.22. The minimum absolute atomic E-state index is 0.0480. The zero-order valence-electron chi connectivity index (χ0n) is 16.3. The molecule has 2 rings (SSSR count). The molecule has 0 fully saturated rings. The number of anilines is 1. The van der Waals surface area contributed by atoms with Crippen LogP contribution < -0.4 is 10.6 Å². The van der Waals surface area contributed by atoms with Gasteiger partial charge in [-0.3, -0.25) is 14.9 Å². The van der Waals surface area contributed by atoms with Crippen LogP contribution in [0.4, 0.5) is 11.4 Å². The van der Waals surface area contributed by atoms with Crippen LogP contribution in [0.2, 0.25) is 0 Å². The Bertz CT molecular complexity index is 974. The summed E-state index contributed by atoms with van der Waals surface area (Å²) in [6, 6.07) is 12.1. The smallest absolute Gasteiger partial charge is 0.292 e. The Kier molecular flexibility index (Phi) is 7.68. The lowest BCUT2D eigenvalue weighted by Gasteiger charge is -2.18. The monoisotopic (exact) mass is 420 g/mol. The molecule has 9 nitrogen and oxygen atoms in total. The van der Waals surface area contributed by atoms with E-state index in [1.807, 2.05) is 0 Å². The van der Waals surface area contributed by atoms with Crippen molar-refractivity contribution in [2.45, 2.75) is 18.7 Å². The largest absolute Gasteiger partial charge is 0.378 e. The predicted octanol–water partition coefficient (Wildman–Crippen LogP) is 2.47. The molecule has 0 saturated carbocycles. The van der Waals surface area contributed by atoms with Gasteiger partial charge in [-0.2, -0.15) is 4.31 Å². The van der Waals surface area contributed by atoms with E-state index in [-0.39, 0.29) is 29.2 Å². The van der Waals surface area contributed by atoms with Crippen LogP contribution >= 0.6 is 0 Å². The summed E-state index contributed by atoms with van der Waals surface area (Å²) in [6.45, 7) is 4.66. The fourth-order valence-electron chi connectivity index (χ4n) is 2.77. The Morgan fingerprint density at radius 1 is 1.07 bits per heavy atom. The number of nitrogens with one attached hydrogen (secondary N) is 2. The first-order chi connectivity index (χ1) is 13.8. The van der Waals surface area contributed by atoms with Crippen LogP contribution in [0.1, 0.15) is 24.2 Å². The summed E-state index contributed by atoms with van der Waals surface area (Å²) < 4.78 is 26.5. The summed E-state index contributed by atoms with van der Waals surface area (Å²) in [4.78, 5) is 22.9. The van der Waals surface area contributed by atoms with Crippen molar-refractivity contribution in [1.29, 1.82) is 0 Å². The minimum Gasteiger partial charge on any atom is -0.378 e. The molecule has 2 N–H and O–H groups in total. The molecule has 0 aliphatic heterocycles. The van der Waals surface area contributed by atoms with Crippen LogP contribution in [0.15, 0.2) is 53.4 Å². The minimum atomic E-state index is -3.65. The van der Waals surface area contributed by atoms with E-state index >= 15 is 0 Å². The maximum Gasteiger partial charge on any atom is 0.292 e. The maximum atomic E-state index is 12.6. The molecule has 0 aliphatic carbocycles. The summed E-state index contributed by atoms with van der Waals surface area (Å²) in [5.41, 5.74) is 0.538. The Morgan fingerprint density at radius 2 is 1.76 bits per heavy atom. The lowest BCUT2D eigenvalue weighted by Crippen LogP contribution is -2.31. The summed E-state index contributed by atoms with van der Waals surface area (Å²) in [7, 11) is -3.65. The Labute approximate surface area is 169 Å². The van der Waals surface area contributed by atoms with Crippen molar-refractivity contribution >= 4 is 27.3 Å². The van der Waals surface area contributed by atoms with Crippen molar-refractivity contribution in [2.24, 2.45) is 0 Å². The van der Waals surface area contributed by atoms with Gasteiger partial charge < -0.3 is 10.6 Å². The van der Waals surface area contributed by atoms with Gasteiger partial charge in [-0.05, 0) is 24.3 Å². The van der Waals surface area contributed by atoms with Gasteiger partial charge in [-0.1, -0.05) is 32.0 Å². The van der Waals surface area contributed by atoms with Gasteiger partial charge in [0.05, 0.1) is 9.82 Å². The molecule has 29 heavy (non-hydrogen) atoms. The highest BCUT2D eigenvalue weighted by atomic mass is 32.2. The van der Waals surface area contributed by atoms with Crippen molar-refractivity contribution in [3.63, 3.8) is 0 Å². The molecular weight excluding hydrogens is 396 g/mol. The molecule has 0 aromatic heterocycles. The molecule has 0 atom stereocenters. The van der Waals surface area contributed by atoms with E-state index in [1.54, 1.807) is 32.0 Å². The highest BCUT2D eigenvalue weighted by molar-refractivity contribution is 7.89. The van der Waals surface area contributed by atoms with Crippen molar-refractivity contribution in [3.05, 3.63) is 64.2 Å². The number of carbonyl (C=O) groups is 1. The number of nitrogens with zero attached hydrogens (tertiary/aromatic N) is 2. The summed E-state index contributed by atoms with van der Waals surface area (Å²) in [5, 5.41) is 16.6. The molecule has 0 bridgehead atoms. The van der Waals surface area contributed by atoms with Crippen LogP contribution in [-0.2, 0) is 10.0 Å². The first-order valence-corrected chi connectivity index (χ1v) is 10.6. The van der Waals surface area contributed by atoms with Gasteiger partial charge in [0.2, 0.25) is 10.0 Å². The molecule has 2 aromatic carbocycles. The third-order valence-corrected chi connectivity index (χ3v) is 6.31. The molecule has 0 unspecified atom stereocenters. The molecule has 0 radical (unpaired) electrons. The molecule has 0 heterocycles. The van der Waals surface area contributed by atoms with Gasteiger partial charge in [0.1, 0.15) is 5.69 Å². The van der Waals surface area contributed by atoms with Crippen LogP contribution in [0.25, 0.3) is 0 Å². The summed E-state index contributed by atoms with van der Waals surface area (Å²) in [6.07, 6.45) is 0. The second-order valence-electron chi connectivity index (χ2n) is 6.07. The molecule has 0 saturated heterocycles. The SMILES string of the molecule is CCN(CC)S(=O)(=O)c1cccc(C(=O)NCCNc2ccccc2[N+](=O)[O-])c1. The number of sulfonamides is 1. The first kappa shape index (κ1) is 22.3. The number of rotatable bonds is 10. The van der Waals surface area contributed by atoms with Crippen LogP contribution in [0.3, 0.4) is 0 Å². The molecule has 1 amide bonds. The zero-order chi connectivity index (χ0) is 21.4. The second kappa shape index (κ2) is 9.99. The lowest BCUT2D eigenvalue weighted by atomic mass is 10.2. The summed E-state index contributed by atoms with van der Waals surface area (Å²) in [5.74, 6) is -0.425. The third-order valence-electron chi connectivity index (χ3n) is 4.27. The van der Waals surface area contributed by atoms with E-state index in [4.69, 9.17) is 0 Å². The van der Waals surface area contributed by atoms with E-state index in [2.05, 4.69) is 10.6 Å². The van der Waals surface area contributed by atoms with Gasteiger partial charge in [0, 0.05) is 37.8 Å². The van der Waals surface area contributed by atoms with E-state index in [9.17, 15) is 23.3 Å². The number of nitro benzene ring substituents is 1. The number of carbonyl (C=O) groups excluding carboxylic acids is 1. The number of hydrogen-bond donors (Lipinski definition) is 2. The maximum absolute atomic E-state index is 12.6. The van der Waals surface area contributed by atoms with Gasteiger partial charge in [0.15, 0.2) is 0 Å². The Hall–Kier alpha value is -2.98. The standard InChI is InChI=1S/C19H24N4O5S/c1-3-22(4-2)29(27,28)16-9-7-8-15(14-16)19(24)21-13-12-20-17-10-5-6-11-18(17)23(25)26/h5-11,14,20H,3-4,12-13H2,1-2H3,(H,21,24). The van der Waals surface area contributed by atoms with Crippen LogP contribution in [0, 0.1) is 10.1 Å². The van der Waals surface area contributed by atoms with E-state index in [1.165, 1.54) is 34.6 Å². The summed E-state index contributed by atoms with van der Waals surface area (Å²) >= 11 is 0. The van der Waals surface area contributed by atoms with Crippen molar-refractivity contribution in [1.82, 2.24) is 9.62 Å². The zero-order valence-corrected chi connectivity index (χ0v) is 17.1. The quantitative estimate of drug-likeness (QED) is 0.346. The van der Waals surface area contributed by atoms with Crippen LogP contribution in [0.5, 0.6) is 0 Å². The molecule has 0 spiro atoms. The van der Waals surface area contributed by atoms with Crippen LogP contribution in [-0.4, -0.2) is 49.7 Å². The van der Waals surface area contributed by atoms with Crippen molar-refractivity contribution < 1.29 is 18.1 Å². The average molecular weight is 420 g/mol. The van der Waals surface area contributed by atoms with E-state index in [0.29, 0.717) is 18.8 Å². The number of amides is 1. The average Bonchev–Trinajstić information content (AvgIpc) is 2.72. The van der Waals surface area contributed by atoms with Crippen molar-refractivity contribution in [3.8, 4) is 0 Å². The highest BCUT2D eigenvalue weighted by Gasteiger charge is 2.22. The first-order valence-electron chi connectivity index (χ1n) is 9.17. The van der Waals surface area contributed by atoms with Crippen molar-refractivity contribution in [2.75, 3.05) is 31.5 Å². The van der Waals surface area contributed by atoms with E-state index < -0.39 is 20.9 Å². The molecule has 10 heteroatoms. The molecule has 0 aliphatic rings. The topological polar surface area (TPSA) is 122 Å². The lowest BCUT2D eigenvalue weighted by molar-refractivity contribution is -0.384. The number of hydrogen-bond acceptors (Lipinski definition) is 6. The Balaban J connectivity index is 1.99. The normalized spacial score (nSPS) is 11.3. The number of para-hydroxylation sites is 2. The molecular formula is C19H24N4O5S. The third kappa shape index (κ3) is 5.52. The van der Waals surface area contributed by atoms with Gasteiger partial charge in [-0.25, -0.2) is 8.42 Å². The number of benzene rings is 2. The molecule has 2 aromatic rings. The second-order valence-corrected chi connectivity index (χ2v) is 8.01. The fourth-order valence-corrected chi connectivity index (χ4v) is 4.27. The van der Waals surface area contributed by atoms with E-state index in [0.717, 1.165) is 0 Å². The van der Waals surface area contributed by atoms with Gasteiger partial charge >= 0.3 is 0 Å². The van der Waals surface area contributed by atoms with Gasteiger partial charge in [-0.15, -0.1) is 0 Å².